The van der Waals surface area contributed by atoms with Gasteiger partial charge in [-0.15, -0.1) is 0 Å². The van der Waals surface area contributed by atoms with E-state index in [0.717, 1.165) is 18.0 Å². The van der Waals surface area contributed by atoms with Crippen molar-refractivity contribution < 1.29 is 9.90 Å². The number of halogens is 1. The Morgan fingerprint density at radius 2 is 2.16 bits per heavy atom. The second kappa shape index (κ2) is 7.06. The second-order valence-corrected chi connectivity index (χ2v) is 6.42. The van der Waals surface area contributed by atoms with Gasteiger partial charge in [0, 0.05) is 17.3 Å². The quantitative estimate of drug-likeness (QED) is 0.905. The molecular formula is C14H18ClNO2S. The summed E-state index contributed by atoms with van der Waals surface area (Å²) in [4.78, 5) is 13.0. The SMILES string of the molecule is O=C(O)CN(CC1CCCSC1)c1ccc(Cl)cc1. The molecule has 1 N–H and O–H groups in total. The van der Waals surface area contributed by atoms with Crippen LogP contribution in [0.15, 0.2) is 24.3 Å². The maximum Gasteiger partial charge on any atom is 0.323 e. The molecule has 1 saturated heterocycles. The van der Waals surface area contributed by atoms with Crippen LogP contribution in [0.2, 0.25) is 5.02 Å². The average Bonchev–Trinajstić information content (AvgIpc) is 2.39. The number of carbonyl (C=O) groups is 1. The molecule has 19 heavy (non-hydrogen) atoms. The van der Waals surface area contributed by atoms with Gasteiger partial charge in [0.25, 0.3) is 0 Å². The van der Waals surface area contributed by atoms with Gasteiger partial charge in [-0.25, -0.2) is 0 Å². The van der Waals surface area contributed by atoms with Crippen LogP contribution in [0.4, 0.5) is 5.69 Å². The minimum Gasteiger partial charge on any atom is -0.480 e. The van der Waals surface area contributed by atoms with Crippen molar-refractivity contribution in [1.82, 2.24) is 0 Å². The van der Waals surface area contributed by atoms with Crippen molar-refractivity contribution in [3.63, 3.8) is 0 Å². The molecule has 0 spiro atoms. The molecule has 0 radical (unpaired) electrons. The lowest BCUT2D eigenvalue weighted by Gasteiger charge is -2.30. The van der Waals surface area contributed by atoms with E-state index in [2.05, 4.69) is 0 Å². The third-order valence-electron chi connectivity index (χ3n) is 3.25. The Morgan fingerprint density at radius 1 is 1.42 bits per heavy atom. The minimum absolute atomic E-state index is 0.0444. The Morgan fingerprint density at radius 3 is 2.74 bits per heavy atom. The number of benzene rings is 1. The van der Waals surface area contributed by atoms with Gasteiger partial charge < -0.3 is 10.0 Å². The molecule has 0 bridgehead atoms. The van der Waals surface area contributed by atoms with E-state index in [1.165, 1.54) is 18.6 Å². The zero-order valence-corrected chi connectivity index (χ0v) is 12.3. The highest BCUT2D eigenvalue weighted by Gasteiger charge is 2.19. The number of hydrogen-bond donors (Lipinski definition) is 1. The molecule has 1 aromatic rings. The van der Waals surface area contributed by atoms with E-state index in [4.69, 9.17) is 16.7 Å². The number of carboxylic acids is 1. The molecule has 1 atom stereocenters. The van der Waals surface area contributed by atoms with Gasteiger partial charge in [-0.1, -0.05) is 11.6 Å². The molecule has 1 heterocycles. The molecule has 1 aromatic carbocycles. The first-order chi connectivity index (χ1) is 9.15. The summed E-state index contributed by atoms with van der Waals surface area (Å²) < 4.78 is 0. The van der Waals surface area contributed by atoms with Crippen LogP contribution in [0.3, 0.4) is 0 Å². The zero-order valence-electron chi connectivity index (χ0n) is 10.7. The average molecular weight is 300 g/mol. The molecule has 0 aliphatic carbocycles. The summed E-state index contributed by atoms with van der Waals surface area (Å²) in [6.07, 6.45) is 2.42. The molecule has 1 aliphatic rings. The smallest absolute Gasteiger partial charge is 0.323 e. The van der Waals surface area contributed by atoms with E-state index in [9.17, 15) is 4.79 Å². The maximum absolute atomic E-state index is 11.0. The summed E-state index contributed by atoms with van der Waals surface area (Å²) in [5.74, 6) is 2.15. The number of thioether (sulfide) groups is 1. The van der Waals surface area contributed by atoms with Crippen molar-refractivity contribution >= 4 is 35.0 Å². The van der Waals surface area contributed by atoms with Crippen molar-refractivity contribution in [1.29, 1.82) is 0 Å². The summed E-state index contributed by atoms with van der Waals surface area (Å²) >= 11 is 7.84. The van der Waals surface area contributed by atoms with Gasteiger partial charge in [0.2, 0.25) is 0 Å². The number of nitrogens with zero attached hydrogens (tertiary/aromatic N) is 1. The standard InChI is InChI=1S/C14H18ClNO2S/c15-12-3-5-13(6-4-12)16(9-14(17)18)8-11-2-1-7-19-10-11/h3-6,11H,1-2,7-10H2,(H,17,18). The summed E-state index contributed by atoms with van der Waals surface area (Å²) in [7, 11) is 0. The highest BCUT2D eigenvalue weighted by Crippen LogP contribution is 2.26. The van der Waals surface area contributed by atoms with Crippen LogP contribution in [-0.4, -0.2) is 35.7 Å². The number of aliphatic carboxylic acids is 1. The summed E-state index contributed by atoms with van der Waals surface area (Å²) in [5, 5.41) is 9.73. The van der Waals surface area contributed by atoms with Gasteiger partial charge in [-0.05, 0) is 54.5 Å². The maximum atomic E-state index is 11.0. The molecule has 0 aromatic heterocycles. The van der Waals surface area contributed by atoms with Crippen LogP contribution in [-0.2, 0) is 4.79 Å². The fourth-order valence-corrected chi connectivity index (χ4v) is 3.61. The van der Waals surface area contributed by atoms with Gasteiger partial charge in [0.15, 0.2) is 0 Å². The van der Waals surface area contributed by atoms with Crippen molar-refractivity contribution in [2.75, 3.05) is 29.5 Å². The summed E-state index contributed by atoms with van der Waals surface area (Å²) in [6.45, 7) is 0.851. The van der Waals surface area contributed by atoms with Gasteiger partial charge in [-0.3, -0.25) is 4.79 Å². The monoisotopic (exact) mass is 299 g/mol. The number of carboxylic acid groups (broad SMARTS) is 1. The zero-order chi connectivity index (χ0) is 13.7. The van der Waals surface area contributed by atoms with Crippen LogP contribution >= 0.6 is 23.4 Å². The minimum atomic E-state index is -0.793. The molecule has 5 heteroatoms. The van der Waals surface area contributed by atoms with E-state index >= 15 is 0 Å². The molecular weight excluding hydrogens is 282 g/mol. The third kappa shape index (κ3) is 4.62. The van der Waals surface area contributed by atoms with Crippen molar-refractivity contribution in [2.24, 2.45) is 5.92 Å². The van der Waals surface area contributed by atoms with Crippen LogP contribution in [0.5, 0.6) is 0 Å². The van der Waals surface area contributed by atoms with Crippen LogP contribution in [0.25, 0.3) is 0 Å². The van der Waals surface area contributed by atoms with Gasteiger partial charge in [0.1, 0.15) is 6.54 Å². The van der Waals surface area contributed by atoms with E-state index in [1.807, 2.05) is 28.8 Å². The summed E-state index contributed by atoms with van der Waals surface area (Å²) in [6, 6.07) is 7.39. The first-order valence-corrected chi connectivity index (χ1v) is 7.98. The van der Waals surface area contributed by atoms with E-state index in [-0.39, 0.29) is 6.54 Å². The van der Waals surface area contributed by atoms with E-state index in [0.29, 0.717) is 10.9 Å². The molecule has 104 valence electrons. The van der Waals surface area contributed by atoms with Crippen molar-refractivity contribution in [3.8, 4) is 0 Å². The Kier molecular flexibility index (Phi) is 5.40. The Balaban J connectivity index is 2.06. The summed E-state index contributed by atoms with van der Waals surface area (Å²) in [5.41, 5.74) is 0.933. The topological polar surface area (TPSA) is 40.5 Å². The lowest BCUT2D eigenvalue weighted by Crippen LogP contribution is -2.35. The molecule has 2 rings (SSSR count). The lowest BCUT2D eigenvalue weighted by molar-refractivity contribution is -0.135. The molecule has 0 saturated carbocycles. The molecule has 1 fully saturated rings. The van der Waals surface area contributed by atoms with Gasteiger partial charge >= 0.3 is 5.97 Å². The van der Waals surface area contributed by atoms with Gasteiger partial charge in [0.05, 0.1) is 0 Å². The fourth-order valence-electron chi connectivity index (χ4n) is 2.34. The Labute approximate surface area is 122 Å². The van der Waals surface area contributed by atoms with Crippen LogP contribution in [0.1, 0.15) is 12.8 Å². The lowest BCUT2D eigenvalue weighted by atomic mass is 10.0. The Hall–Kier alpha value is -0.870. The third-order valence-corrected chi connectivity index (χ3v) is 4.79. The van der Waals surface area contributed by atoms with Gasteiger partial charge in [-0.2, -0.15) is 11.8 Å². The number of anilines is 1. The van der Waals surface area contributed by atoms with Crippen molar-refractivity contribution in [2.45, 2.75) is 12.8 Å². The van der Waals surface area contributed by atoms with E-state index < -0.39 is 5.97 Å². The largest absolute Gasteiger partial charge is 0.480 e. The second-order valence-electron chi connectivity index (χ2n) is 4.83. The first-order valence-electron chi connectivity index (χ1n) is 6.45. The highest BCUT2D eigenvalue weighted by atomic mass is 35.5. The highest BCUT2D eigenvalue weighted by molar-refractivity contribution is 7.99. The molecule has 0 amide bonds. The number of hydrogen-bond acceptors (Lipinski definition) is 3. The van der Waals surface area contributed by atoms with E-state index in [1.54, 1.807) is 12.1 Å². The predicted molar refractivity (Wildman–Crippen MR) is 81.3 cm³/mol. The molecule has 3 nitrogen and oxygen atoms in total. The normalized spacial score (nSPS) is 19.1. The fraction of sp³-hybridized carbons (Fsp3) is 0.500. The van der Waals surface area contributed by atoms with Crippen LogP contribution < -0.4 is 4.90 Å². The number of rotatable bonds is 5. The predicted octanol–water partition coefficient (Wildman–Crippen LogP) is 3.37. The van der Waals surface area contributed by atoms with Crippen LogP contribution in [0, 0.1) is 5.92 Å². The van der Waals surface area contributed by atoms with Crippen molar-refractivity contribution in [3.05, 3.63) is 29.3 Å². The Bertz CT molecular complexity index is 418. The first kappa shape index (κ1) is 14.5. The molecule has 1 aliphatic heterocycles. The molecule has 1 unspecified atom stereocenters.